The van der Waals surface area contributed by atoms with Gasteiger partial charge < -0.3 is 10.5 Å². The van der Waals surface area contributed by atoms with E-state index in [0.29, 0.717) is 27.9 Å². The van der Waals surface area contributed by atoms with Crippen LogP contribution in [0, 0.1) is 11.3 Å². The lowest BCUT2D eigenvalue weighted by molar-refractivity contribution is 0.465. The molecule has 0 bridgehead atoms. The first kappa shape index (κ1) is 11.2. The molecule has 0 aliphatic carbocycles. The molecule has 0 saturated heterocycles. The lowest BCUT2D eigenvalue weighted by Gasteiger charge is -2.07. The van der Waals surface area contributed by atoms with Crippen LogP contribution in [0.4, 0.5) is 5.69 Å². The normalized spacial score (nSPS) is 9.65. The molecule has 5 heteroatoms. The number of nitriles is 1. The third-order valence-corrected chi connectivity index (χ3v) is 2.28. The van der Waals surface area contributed by atoms with E-state index < -0.39 is 0 Å². The maximum atomic E-state index is 8.70. The quantitative estimate of drug-likeness (QED) is 0.826. The second-order valence-electron chi connectivity index (χ2n) is 3.28. The van der Waals surface area contributed by atoms with Crippen LogP contribution in [0.25, 0.3) is 0 Å². The Morgan fingerprint density at radius 3 is 2.71 bits per heavy atom. The number of rotatable bonds is 2. The SMILES string of the molecule is N#Cc1ccc(Oc2ccc(Cl)cn2)c(N)c1. The summed E-state index contributed by atoms with van der Waals surface area (Å²) in [6, 6.07) is 10.1. The van der Waals surface area contributed by atoms with Gasteiger partial charge in [0, 0.05) is 12.3 Å². The van der Waals surface area contributed by atoms with E-state index in [1.807, 2.05) is 6.07 Å². The predicted molar refractivity (Wildman–Crippen MR) is 64.9 cm³/mol. The van der Waals surface area contributed by atoms with Gasteiger partial charge in [0.1, 0.15) is 0 Å². The second kappa shape index (κ2) is 4.73. The van der Waals surface area contributed by atoms with E-state index in [9.17, 15) is 0 Å². The monoisotopic (exact) mass is 245 g/mol. The number of hydrogen-bond donors (Lipinski definition) is 1. The first-order valence-corrected chi connectivity index (χ1v) is 5.16. The summed E-state index contributed by atoms with van der Waals surface area (Å²) in [5.41, 5.74) is 6.62. The number of benzene rings is 1. The summed E-state index contributed by atoms with van der Waals surface area (Å²) in [6.45, 7) is 0. The van der Waals surface area contributed by atoms with Crippen molar-refractivity contribution in [3.63, 3.8) is 0 Å². The molecule has 4 nitrogen and oxygen atoms in total. The molecule has 1 aromatic heterocycles. The fourth-order valence-corrected chi connectivity index (χ4v) is 1.36. The molecule has 1 heterocycles. The highest BCUT2D eigenvalue weighted by Crippen LogP contribution is 2.27. The molecule has 0 fully saturated rings. The van der Waals surface area contributed by atoms with Gasteiger partial charge in [-0.15, -0.1) is 0 Å². The number of aromatic nitrogens is 1. The van der Waals surface area contributed by atoms with Crippen LogP contribution in [-0.2, 0) is 0 Å². The zero-order valence-electron chi connectivity index (χ0n) is 8.72. The van der Waals surface area contributed by atoms with E-state index in [-0.39, 0.29) is 0 Å². The van der Waals surface area contributed by atoms with Crippen LogP contribution in [-0.4, -0.2) is 4.98 Å². The van der Waals surface area contributed by atoms with E-state index in [4.69, 9.17) is 27.3 Å². The second-order valence-corrected chi connectivity index (χ2v) is 3.72. The van der Waals surface area contributed by atoms with Gasteiger partial charge in [0.05, 0.1) is 22.3 Å². The van der Waals surface area contributed by atoms with Crippen LogP contribution in [0.2, 0.25) is 5.02 Å². The van der Waals surface area contributed by atoms with Gasteiger partial charge in [0.2, 0.25) is 5.88 Å². The van der Waals surface area contributed by atoms with Crippen molar-refractivity contribution in [1.82, 2.24) is 4.98 Å². The van der Waals surface area contributed by atoms with Gasteiger partial charge in [-0.05, 0) is 24.3 Å². The molecule has 1 aromatic carbocycles. The van der Waals surface area contributed by atoms with E-state index in [2.05, 4.69) is 4.98 Å². The number of nitrogens with zero attached hydrogens (tertiary/aromatic N) is 2. The lowest BCUT2D eigenvalue weighted by atomic mass is 10.2. The first-order valence-electron chi connectivity index (χ1n) is 4.78. The molecular weight excluding hydrogens is 238 g/mol. The summed E-state index contributed by atoms with van der Waals surface area (Å²) in [6.07, 6.45) is 1.48. The van der Waals surface area contributed by atoms with E-state index in [1.165, 1.54) is 6.20 Å². The summed E-state index contributed by atoms with van der Waals surface area (Å²) in [7, 11) is 0. The molecule has 0 saturated carbocycles. The lowest BCUT2D eigenvalue weighted by Crippen LogP contribution is -1.94. The molecular formula is C12H8ClN3O. The molecule has 0 spiro atoms. The van der Waals surface area contributed by atoms with Crippen LogP contribution >= 0.6 is 11.6 Å². The fourth-order valence-electron chi connectivity index (χ4n) is 1.25. The molecule has 17 heavy (non-hydrogen) atoms. The van der Waals surface area contributed by atoms with Crippen molar-refractivity contribution in [3.05, 3.63) is 47.1 Å². The molecule has 2 aromatic rings. The largest absolute Gasteiger partial charge is 0.437 e. The molecule has 0 aliphatic heterocycles. The zero-order chi connectivity index (χ0) is 12.3. The van der Waals surface area contributed by atoms with Crippen LogP contribution in [0.15, 0.2) is 36.5 Å². The number of nitrogen functional groups attached to an aromatic ring is 1. The molecule has 0 radical (unpaired) electrons. The molecule has 0 amide bonds. The summed E-state index contributed by atoms with van der Waals surface area (Å²) >= 11 is 5.71. The Labute approximate surface area is 103 Å². The smallest absolute Gasteiger partial charge is 0.219 e. The molecule has 0 unspecified atom stereocenters. The molecule has 84 valence electrons. The van der Waals surface area contributed by atoms with Crippen molar-refractivity contribution in [2.75, 3.05) is 5.73 Å². The molecule has 0 aliphatic rings. The standard InChI is InChI=1S/C12H8ClN3O/c13-9-2-4-12(16-7-9)17-11-3-1-8(6-14)5-10(11)15/h1-5,7H,15H2. The van der Waals surface area contributed by atoms with Crippen molar-refractivity contribution < 1.29 is 4.74 Å². The number of anilines is 1. The minimum absolute atomic E-state index is 0.390. The Hall–Kier alpha value is -2.25. The number of halogens is 1. The van der Waals surface area contributed by atoms with Crippen LogP contribution in [0.1, 0.15) is 5.56 Å². The topological polar surface area (TPSA) is 71.9 Å². The van der Waals surface area contributed by atoms with Crippen molar-refractivity contribution in [2.24, 2.45) is 0 Å². The average molecular weight is 246 g/mol. The number of nitrogens with two attached hydrogens (primary N) is 1. The van der Waals surface area contributed by atoms with Gasteiger partial charge in [0.15, 0.2) is 5.75 Å². The zero-order valence-corrected chi connectivity index (χ0v) is 9.48. The third-order valence-electron chi connectivity index (χ3n) is 2.05. The van der Waals surface area contributed by atoms with Gasteiger partial charge in [-0.1, -0.05) is 11.6 Å². The third kappa shape index (κ3) is 2.65. The minimum Gasteiger partial charge on any atom is -0.437 e. The van der Waals surface area contributed by atoms with Gasteiger partial charge in [-0.2, -0.15) is 5.26 Å². The Bertz CT molecular complexity index is 575. The van der Waals surface area contributed by atoms with Gasteiger partial charge in [-0.3, -0.25) is 0 Å². The minimum atomic E-state index is 0.390. The van der Waals surface area contributed by atoms with Gasteiger partial charge >= 0.3 is 0 Å². The average Bonchev–Trinajstić information content (AvgIpc) is 2.34. The Morgan fingerprint density at radius 2 is 2.12 bits per heavy atom. The molecule has 0 atom stereocenters. The highest BCUT2D eigenvalue weighted by molar-refractivity contribution is 6.30. The number of hydrogen-bond acceptors (Lipinski definition) is 4. The van der Waals surface area contributed by atoms with Crippen molar-refractivity contribution in [2.45, 2.75) is 0 Å². The van der Waals surface area contributed by atoms with Crippen molar-refractivity contribution >= 4 is 17.3 Å². The summed E-state index contributed by atoms with van der Waals surface area (Å²) in [5, 5.41) is 9.23. The highest BCUT2D eigenvalue weighted by Gasteiger charge is 2.04. The van der Waals surface area contributed by atoms with Gasteiger partial charge in [-0.25, -0.2) is 4.98 Å². The van der Waals surface area contributed by atoms with E-state index in [0.717, 1.165) is 0 Å². The molecule has 2 rings (SSSR count). The maximum absolute atomic E-state index is 8.70. The summed E-state index contributed by atoms with van der Waals surface area (Å²) in [5.74, 6) is 0.852. The molecule has 2 N–H and O–H groups in total. The Balaban J connectivity index is 2.25. The van der Waals surface area contributed by atoms with E-state index >= 15 is 0 Å². The first-order chi connectivity index (χ1) is 8.19. The predicted octanol–water partition coefficient (Wildman–Crippen LogP) is 2.98. The number of ether oxygens (including phenoxy) is 1. The highest BCUT2D eigenvalue weighted by atomic mass is 35.5. The summed E-state index contributed by atoms with van der Waals surface area (Å²) < 4.78 is 5.46. The fraction of sp³-hybridized carbons (Fsp3) is 0. The van der Waals surface area contributed by atoms with Gasteiger partial charge in [0.25, 0.3) is 0 Å². The number of pyridine rings is 1. The van der Waals surface area contributed by atoms with Crippen molar-refractivity contribution in [1.29, 1.82) is 5.26 Å². The van der Waals surface area contributed by atoms with E-state index in [1.54, 1.807) is 30.3 Å². The van der Waals surface area contributed by atoms with Crippen LogP contribution in [0.3, 0.4) is 0 Å². The Kier molecular flexibility index (Phi) is 3.12. The maximum Gasteiger partial charge on any atom is 0.219 e. The van der Waals surface area contributed by atoms with Crippen LogP contribution < -0.4 is 10.5 Å². The van der Waals surface area contributed by atoms with Crippen LogP contribution in [0.5, 0.6) is 11.6 Å². The Morgan fingerprint density at radius 1 is 1.29 bits per heavy atom. The summed E-state index contributed by atoms with van der Waals surface area (Å²) in [4.78, 5) is 3.98. The van der Waals surface area contributed by atoms with Crippen molar-refractivity contribution in [3.8, 4) is 17.7 Å².